The maximum atomic E-state index is 11.7. The van der Waals surface area contributed by atoms with Crippen molar-refractivity contribution in [3.05, 3.63) is 0 Å². The molecule has 1 heterocycles. The molecule has 0 radical (unpaired) electrons. The zero-order valence-corrected chi connectivity index (χ0v) is 7.86. The maximum Gasteiger partial charge on any atom is 0.239 e. The van der Waals surface area contributed by atoms with Crippen LogP contribution < -0.4 is 5.32 Å². The molecule has 1 saturated carbocycles. The Morgan fingerprint density at radius 2 is 2.23 bits per heavy atom. The van der Waals surface area contributed by atoms with E-state index in [0.29, 0.717) is 19.0 Å². The lowest BCUT2D eigenvalue weighted by Gasteiger charge is -2.20. The molecule has 13 heavy (non-hydrogen) atoms. The van der Waals surface area contributed by atoms with Crippen molar-refractivity contribution in [2.24, 2.45) is 0 Å². The van der Waals surface area contributed by atoms with Crippen LogP contribution in [0.4, 0.5) is 0 Å². The summed E-state index contributed by atoms with van der Waals surface area (Å²) in [5.41, 5.74) is 0. The Morgan fingerprint density at radius 3 is 2.69 bits per heavy atom. The van der Waals surface area contributed by atoms with Crippen molar-refractivity contribution >= 4 is 5.91 Å². The van der Waals surface area contributed by atoms with Gasteiger partial charge >= 0.3 is 0 Å². The number of carbonyl (C=O) groups is 1. The third-order valence-electron chi connectivity index (χ3n) is 2.85. The average molecular weight is 184 g/mol. The van der Waals surface area contributed by atoms with Crippen LogP contribution >= 0.6 is 0 Å². The van der Waals surface area contributed by atoms with Crippen LogP contribution in [-0.4, -0.2) is 47.7 Å². The minimum atomic E-state index is -0.346. The highest BCUT2D eigenvalue weighted by Gasteiger charge is 2.36. The van der Waals surface area contributed by atoms with E-state index in [1.165, 1.54) is 0 Å². The Bertz CT molecular complexity index is 216. The monoisotopic (exact) mass is 184 g/mol. The molecule has 0 aromatic heterocycles. The predicted molar refractivity (Wildman–Crippen MR) is 48.2 cm³/mol. The number of nitrogens with zero attached hydrogens (tertiary/aromatic N) is 1. The standard InChI is InChI=1S/C9H16N2O2/c1-11(6-2-3-6)9(13)8-4-7(12)5-10-8/h6-8,10,12H,2-5H2,1H3. The van der Waals surface area contributed by atoms with E-state index < -0.39 is 0 Å². The summed E-state index contributed by atoms with van der Waals surface area (Å²) in [6.07, 6.45) is 2.49. The predicted octanol–water partition coefficient (Wildman–Crippen LogP) is -0.670. The highest BCUT2D eigenvalue weighted by Crippen LogP contribution is 2.26. The number of hydrogen-bond donors (Lipinski definition) is 2. The molecule has 1 saturated heterocycles. The average Bonchev–Trinajstić information content (AvgIpc) is 2.87. The quantitative estimate of drug-likeness (QED) is 0.598. The fourth-order valence-electron chi connectivity index (χ4n) is 1.79. The molecule has 2 fully saturated rings. The molecule has 2 aliphatic rings. The van der Waals surface area contributed by atoms with Crippen molar-refractivity contribution in [2.75, 3.05) is 13.6 Å². The summed E-state index contributed by atoms with van der Waals surface area (Å²) in [7, 11) is 1.85. The number of hydrogen-bond acceptors (Lipinski definition) is 3. The summed E-state index contributed by atoms with van der Waals surface area (Å²) in [4.78, 5) is 13.5. The van der Waals surface area contributed by atoms with Crippen LogP contribution in [0.5, 0.6) is 0 Å². The maximum absolute atomic E-state index is 11.7. The summed E-state index contributed by atoms with van der Waals surface area (Å²) in [6, 6.07) is 0.313. The fourth-order valence-corrected chi connectivity index (χ4v) is 1.79. The van der Waals surface area contributed by atoms with Crippen LogP contribution in [0.1, 0.15) is 19.3 Å². The molecule has 1 amide bonds. The molecule has 2 atom stereocenters. The molecular weight excluding hydrogens is 168 g/mol. The van der Waals surface area contributed by atoms with Crippen molar-refractivity contribution in [3.8, 4) is 0 Å². The number of nitrogens with one attached hydrogen (secondary N) is 1. The number of β-amino-alcohol motifs (C(OH)–C–C–N with tert-alkyl or cyclic N) is 1. The van der Waals surface area contributed by atoms with Gasteiger partial charge in [-0.25, -0.2) is 0 Å². The smallest absolute Gasteiger partial charge is 0.239 e. The molecule has 0 aromatic rings. The molecule has 2 N–H and O–H groups in total. The Labute approximate surface area is 77.9 Å². The Morgan fingerprint density at radius 1 is 1.54 bits per heavy atom. The summed E-state index contributed by atoms with van der Waals surface area (Å²) in [6.45, 7) is 0.551. The van der Waals surface area contributed by atoms with E-state index >= 15 is 0 Å². The van der Waals surface area contributed by atoms with Crippen molar-refractivity contribution in [1.82, 2.24) is 10.2 Å². The molecule has 74 valence electrons. The van der Waals surface area contributed by atoms with E-state index in [4.69, 9.17) is 0 Å². The van der Waals surface area contributed by atoms with Gasteiger partial charge in [-0.1, -0.05) is 0 Å². The molecule has 1 aliphatic heterocycles. The van der Waals surface area contributed by atoms with Crippen LogP contribution in [0, 0.1) is 0 Å². The second kappa shape index (κ2) is 3.27. The van der Waals surface area contributed by atoms with E-state index in [-0.39, 0.29) is 18.1 Å². The minimum absolute atomic E-state index is 0.138. The molecular formula is C9H16N2O2. The van der Waals surface area contributed by atoms with Crippen LogP contribution in [0.25, 0.3) is 0 Å². The normalized spacial score (nSPS) is 33.4. The number of amides is 1. The molecule has 1 aliphatic carbocycles. The summed E-state index contributed by atoms with van der Waals surface area (Å²) in [5, 5.41) is 12.3. The van der Waals surface area contributed by atoms with Gasteiger partial charge in [0.25, 0.3) is 0 Å². The van der Waals surface area contributed by atoms with Crippen LogP contribution in [-0.2, 0) is 4.79 Å². The second-order valence-corrected chi connectivity index (χ2v) is 4.03. The lowest BCUT2D eigenvalue weighted by molar-refractivity contribution is -0.132. The van der Waals surface area contributed by atoms with Gasteiger partial charge in [-0.15, -0.1) is 0 Å². The third-order valence-corrected chi connectivity index (χ3v) is 2.85. The van der Waals surface area contributed by atoms with E-state index in [0.717, 1.165) is 12.8 Å². The van der Waals surface area contributed by atoms with Gasteiger partial charge in [-0.3, -0.25) is 4.79 Å². The van der Waals surface area contributed by atoms with E-state index in [1.807, 2.05) is 11.9 Å². The van der Waals surface area contributed by atoms with Gasteiger partial charge in [-0.05, 0) is 19.3 Å². The zero-order chi connectivity index (χ0) is 9.42. The molecule has 2 unspecified atom stereocenters. The molecule has 0 aromatic carbocycles. The zero-order valence-electron chi connectivity index (χ0n) is 7.86. The molecule has 2 rings (SSSR count). The van der Waals surface area contributed by atoms with Gasteiger partial charge in [0, 0.05) is 19.6 Å². The van der Waals surface area contributed by atoms with Gasteiger partial charge in [0.2, 0.25) is 5.91 Å². The van der Waals surface area contributed by atoms with Gasteiger partial charge in [-0.2, -0.15) is 0 Å². The highest BCUT2D eigenvalue weighted by molar-refractivity contribution is 5.82. The third kappa shape index (κ3) is 1.84. The minimum Gasteiger partial charge on any atom is -0.392 e. The number of aliphatic hydroxyl groups is 1. The van der Waals surface area contributed by atoms with E-state index in [2.05, 4.69) is 5.32 Å². The van der Waals surface area contributed by atoms with Crippen molar-refractivity contribution in [2.45, 2.75) is 37.5 Å². The largest absolute Gasteiger partial charge is 0.392 e. The van der Waals surface area contributed by atoms with Gasteiger partial charge < -0.3 is 15.3 Å². The van der Waals surface area contributed by atoms with Crippen LogP contribution in [0.3, 0.4) is 0 Å². The summed E-state index contributed by atoms with van der Waals surface area (Å²) in [5.74, 6) is 0.138. The number of likely N-dealkylation sites (N-methyl/N-ethyl adjacent to an activating group) is 1. The van der Waals surface area contributed by atoms with Crippen LogP contribution in [0.2, 0.25) is 0 Å². The molecule has 0 bridgehead atoms. The Balaban J connectivity index is 1.88. The lowest BCUT2D eigenvalue weighted by Crippen LogP contribution is -2.42. The van der Waals surface area contributed by atoms with Crippen molar-refractivity contribution < 1.29 is 9.90 Å². The first-order chi connectivity index (χ1) is 6.18. The first kappa shape index (κ1) is 8.97. The Kier molecular flexibility index (Phi) is 2.26. The summed E-state index contributed by atoms with van der Waals surface area (Å²) >= 11 is 0. The number of aliphatic hydroxyl groups excluding tert-OH is 1. The van der Waals surface area contributed by atoms with Gasteiger partial charge in [0.1, 0.15) is 0 Å². The first-order valence-corrected chi connectivity index (χ1v) is 4.86. The second-order valence-electron chi connectivity index (χ2n) is 4.03. The molecule has 0 spiro atoms. The van der Waals surface area contributed by atoms with Gasteiger partial charge in [0.15, 0.2) is 0 Å². The number of carbonyl (C=O) groups excluding carboxylic acids is 1. The van der Waals surface area contributed by atoms with Gasteiger partial charge in [0.05, 0.1) is 12.1 Å². The fraction of sp³-hybridized carbons (Fsp3) is 0.889. The lowest BCUT2D eigenvalue weighted by atomic mass is 10.2. The highest BCUT2D eigenvalue weighted by atomic mass is 16.3. The summed E-state index contributed by atoms with van der Waals surface area (Å²) < 4.78 is 0. The SMILES string of the molecule is CN(C(=O)C1CC(O)CN1)C1CC1. The van der Waals surface area contributed by atoms with E-state index in [1.54, 1.807) is 0 Å². The first-order valence-electron chi connectivity index (χ1n) is 4.86. The molecule has 4 heteroatoms. The topological polar surface area (TPSA) is 52.6 Å². The molecule has 4 nitrogen and oxygen atoms in total. The van der Waals surface area contributed by atoms with Crippen LogP contribution in [0.15, 0.2) is 0 Å². The Hall–Kier alpha value is -0.610. The number of rotatable bonds is 2. The van der Waals surface area contributed by atoms with Crippen molar-refractivity contribution in [1.29, 1.82) is 0 Å². The van der Waals surface area contributed by atoms with Crippen molar-refractivity contribution in [3.63, 3.8) is 0 Å². The van der Waals surface area contributed by atoms with E-state index in [9.17, 15) is 9.90 Å².